The van der Waals surface area contributed by atoms with E-state index >= 15 is 0 Å². The number of benzene rings is 2. The Kier molecular flexibility index (Phi) is 5.37. The van der Waals surface area contributed by atoms with Crippen LogP contribution >= 0.6 is 0 Å². The summed E-state index contributed by atoms with van der Waals surface area (Å²) in [5.74, 6) is 0.0210. The molecule has 0 heterocycles. The van der Waals surface area contributed by atoms with E-state index in [0.717, 1.165) is 11.1 Å². The number of allylic oxidation sites excluding steroid dienone is 2. The van der Waals surface area contributed by atoms with E-state index < -0.39 is 4.92 Å². The lowest BCUT2D eigenvalue weighted by molar-refractivity contribution is -0.384. The fraction of sp³-hybridized carbons (Fsp3) is 0.158. The Morgan fingerprint density at radius 3 is 2.38 bits per heavy atom. The van der Waals surface area contributed by atoms with Crippen LogP contribution in [0.2, 0.25) is 0 Å². The predicted octanol–water partition coefficient (Wildman–Crippen LogP) is 4.69. The summed E-state index contributed by atoms with van der Waals surface area (Å²) in [5, 5.41) is 30.5. The molecule has 0 radical (unpaired) electrons. The van der Waals surface area contributed by atoms with Crippen molar-refractivity contribution >= 4 is 17.8 Å². The van der Waals surface area contributed by atoms with E-state index in [4.69, 9.17) is 0 Å². The van der Waals surface area contributed by atoms with Gasteiger partial charge in [-0.1, -0.05) is 23.8 Å². The maximum absolute atomic E-state index is 10.7. The molecule has 124 valence electrons. The minimum atomic E-state index is -0.446. The Bertz CT molecular complexity index is 801. The van der Waals surface area contributed by atoms with Crippen molar-refractivity contribution in [3.63, 3.8) is 0 Å². The number of nitrogens with zero attached hydrogens (tertiary/aromatic N) is 1. The minimum Gasteiger partial charge on any atom is -0.508 e. The van der Waals surface area contributed by atoms with Crippen molar-refractivity contribution in [2.24, 2.45) is 0 Å². The molecule has 2 aromatic carbocycles. The van der Waals surface area contributed by atoms with E-state index in [1.165, 1.54) is 18.2 Å². The highest BCUT2D eigenvalue weighted by Gasteiger charge is 2.08. The normalized spacial score (nSPS) is 10.8. The number of phenolic OH excluding ortho intramolecular Hbond substituents is 2. The van der Waals surface area contributed by atoms with Crippen molar-refractivity contribution in [3.05, 3.63) is 74.9 Å². The maximum atomic E-state index is 10.7. The highest BCUT2D eigenvalue weighted by atomic mass is 16.6. The second kappa shape index (κ2) is 7.46. The second-order valence-corrected chi connectivity index (χ2v) is 5.70. The zero-order valence-electron chi connectivity index (χ0n) is 13.6. The Balaban J connectivity index is 2.33. The van der Waals surface area contributed by atoms with Crippen LogP contribution in [0, 0.1) is 10.1 Å². The molecular weight excluding hydrogens is 306 g/mol. The average Bonchev–Trinajstić information content (AvgIpc) is 2.51. The van der Waals surface area contributed by atoms with E-state index in [2.05, 4.69) is 0 Å². The first-order valence-electron chi connectivity index (χ1n) is 7.47. The zero-order valence-corrected chi connectivity index (χ0v) is 13.6. The fourth-order valence-corrected chi connectivity index (χ4v) is 2.23. The Morgan fingerprint density at radius 1 is 1.12 bits per heavy atom. The van der Waals surface area contributed by atoms with Crippen LogP contribution in [0.1, 0.15) is 30.5 Å². The third kappa shape index (κ3) is 4.46. The predicted molar refractivity (Wildman–Crippen MR) is 94.9 cm³/mol. The van der Waals surface area contributed by atoms with Crippen molar-refractivity contribution in [2.75, 3.05) is 0 Å². The monoisotopic (exact) mass is 325 g/mol. The smallest absolute Gasteiger partial charge is 0.269 e. The zero-order chi connectivity index (χ0) is 17.7. The van der Waals surface area contributed by atoms with Crippen LogP contribution in [-0.2, 0) is 6.42 Å². The van der Waals surface area contributed by atoms with Crippen LogP contribution in [0.15, 0.2) is 48.0 Å². The lowest BCUT2D eigenvalue weighted by atomic mass is 10.0. The van der Waals surface area contributed by atoms with Gasteiger partial charge in [0.1, 0.15) is 11.5 Å². The maximum Gasteiger partial charge on any atom is 0.269 e. The molecule has 0 aliphatic heterocycles. The number of nitro groups is 1. The summed E-state index contributed by atoms with van der Waals surface area (Å²) in [4.78, 5) is 10.2. The molecule has 0 aromatic heterocycles. The summed E-state index contributed by atoms with van der Waals surface area (Å²) < 4.78 is 0. The van der Waals surface area contributed by atoms with Crippen LogP contribution in [-0.4, -0.2) is 15.1 Å². The average molecular weight is 325 g/mol. The molecular formula is C19H19NO4. The molecule has 0 amide bonds. The molecule has 0 spiro atoms. The van der Waals surface area contributed by atoms with Crippen molar-refractivity contribution in [2.45, 2.75) is 20.3 Å². The van der Waals surface area contributed by atoms with Crippen LogP contribution < -0.4 is 0 Å². The molecule has 2 rings (SSSR count). The van der Waals surface area contributed by atoms with Gasteiger partial charge in [0.2, 0.25) is 0 Å². The number of phenols is 2. The third-order valence-electron chi connectivity index (χ3n) is 3.52. The first-order chi connectivity index (χ1) is 11.4. The summed E-state index contributed by atoms with van der Waals surface area (Å²) in [6.45, 7) is 3.95. The van der Waals surface area contributed by atoms with E-state index in [0.29, 0.717) is 17.5 Å². The van der Waals surface area contributed by atoms with E-state index in [1.54, 1.807) is 30.4 Å². The van der Waals surface area contributed by atoms with E-state index in [1.807, 2.05) is 19.9 Å². The summed E-state index contributed by atoms with van der Waals surface area (Å²) in [6.07, 6.45) is 6.10. The van der Waals surface area contributed by atoms with Crippen molar-refractivity contribution < 1.29 is 15.1 Å². The van der Waals surface area contributed by atoms with Gasteiger partial charge in [0.15, 0.2) is 0 Å². The Labute approximate surface area is 140 Å². The van der Waals surface area contributed by atoms with Gasteiger partial charge in [0, 0.05) is 23.8 Å². The molecule has 0 aliphatic carbocycles. The van der Waals surface area contributed by atoms with Crippen molar-refractivity contribution in [3.8, 4) is 11.5 Å². The van der Waals surface area contributed by atoms with Gasteiger partial charge in [0.25, 0.3) is 5.69 Å². The first-order valence-corrected chi connectivity index (χ1v) is 7.47. The molecule has 2 aromatic rings. The van der Waals surface area contributed by atoms with Crippen LogP contribution in [0.25, 0.3) is 12.2 Å². The molecule has 0 aliphatic rings. The largest absolute Gasteiger partial charge is 0.508 e. The third-order valence-corrected chi connectivity index (χ3v) is 3.52. The van der Waals surface area contributed by atoms with Gasteiger partial charge in [-0.05, 0) is 49.6 Å². The number of nitro benzene ring substituents is 1. The van der Waals surface area contributed by atoms with Gasteiger partial charge in [-0.2, -0.15) is 0 Å². The van der Waals surface area contributed by atoms with Gasteiger partial charge in [-0.25, -0.2) is 0 Å². The molecule has 0 bridgehead atoms. The number of aromatic hydroxyl groups is 2. The van der Waals surface area contributed by atoms with Crippen LogP contribution in [0.3, 0.4) is 0 Å². The number of hydrogen-bond donors (Lipinski definition) is 2. The molecule has 0 unspecified atom stereocenters. The van der Waals surface area contributed by atoms with E-state index in [-0.39, 0.29) is 17.2 Å². The van der Waals surface area contributed by atoms with Crippen molar-refractivity contribution in [1.29, 1.82) is 0 Å². The SMILES string of the molecule is CC(C)=CCc1c(O)cc(O)cc1/C=C/c1ccc([N+](=O)[O-])cc1. The molecule has 0 saturated heterocycles. The van der Waals surface area contributed by atoms with Gasteiger partial charge >= 0.3 is 0 Å². The van der Waals surface area contributed by atoms with Gasteiger partial charge in [-0.15, -0.1) is 0 Å². The number of hydrogen-bond acceptors (Lipinski definition) is 4. The summed E-state index contributed by atoms with van der Waals surface area (Å²) in [6, 6.07) is 9.06. The van der Waals surface area contributed by atoms with Gasteiger partial charge < -0.3 is 10.2 Å². The second-order valence-electron chi connectivity index (χ2n) is 5.70. The molecule has 0 saturated carbocycles. The molecule has 0 fully saturated rings. The van der Waals surface area contributed by atoms with Crippen LogP contribution in [0.5, 0.6) is 11.5 Å². The standard InChI is InChI=1S/C19H19NO4/c1-13(2)3-10-18-15(11-17(21)12-19(18)22)7-4-14-5-8-16(9-6-14)20(23)24/h3-9,11-12,21-22H,10H2,1-2H3/b7-4+. The summed E-state index contributed by atoms with van der Waals surface area (Å²) in [7, 11) is 0. The van der Waals surface area contributed by atoms with Crippen LogP contribution in [0.4, 0.5) is 5.69 Å². The first kappa shape index (κ1) is 17.3. The quantitative estimate of drug-likeness (QED) is 0.362. The topological polar surface area (TPSA) is 83.6 Å². The summed E-state index contributed by atoms with van der Waals surface area (Å²) >= 11 is 0. The Hall–Kier alpha value is -3.08. The lowest BCUT2D eigenvalue weighted by Gasteiger charge is -2.08. The van der Waals surface area contributed by atoms with Crippen molar-refractivity contribution in [1.82, 2.24) is 0 Å². The molecule has 2 N–H and O–H groups in total. The highest BCUT2D eigenvalue weighted by molar-refractivity contribution is 5.73. The van der Waals surface area contributed by atoms with Gasteiger partial charge in [0.05, 0.1) is 4.92 Å². The molecule has 24 heavy (non-hydrogen) atoms. The number of non-ortho nitro benzene ring substituents is 1. The Morgan fingerprint density at radius 2 is 1.79 bits per heavy atom. The summed E-state index contributed by atoms with van der Waals surface area (Å²) in [5.41, 5.74) is 3.37. The molecule has 5 heteroatoms. The lowest BCUT2D eigenvalue weighted by Crippen LogP contribution is -1.90. The molecule has 0 atom stereocenters. The van der Waals surface area contributed by atoms with E-state index in [9.17, 15) is 20.3 Å². The number of rotatable bonds is 5. The van der Waals surface area contributed by atoms with Gasteiger partial charge in [-0.3, -0.25) is 10.1 Å². The minimum absolute atomic E-state index is 0.0169. The fourth-order valence-electron chi connectivity index (χ4n) is 2.23. The highest BCUT2D eigenvalue weighted by Crippen LogP contribution is 2.29. The molecule has 5 nitrogen and oxygen atoms in total.